The van der Waals surface area contributed by atoms with Crippen molar-refractivity contribution < 1.29 is 4.79 Å². The SMILES string of the molecule is CN=C(NCCc1cccc(C(=O)NC)c1)NCc1ccnn1C. The van der Waals surface area contributed by atoms with Crippen LogP contribution < -0.4 is 16.0 Å². The van der Waals surface area contributed by atoms with Crippen molar-refractivity contribution in [3.8, 4) is 0 Å². The predicted molar refractivity (Wildman–Crippen MR) is 94.9 cm³/mol. The first-order valence-corrected chi connectivity index (χ1v) is 7.86. The van der Waals surface area contributed by atoms with E-state index in [1.54, 1.807) is 20.3 Å². The molecule has 0 spiro atoms. The first-order valence-electron chi connectivity index (χ1n) is 7.86. The van der Waals surface area contributed by atoms with Gasteiger partial charge in [0.1, 0.15) is 0 Å². The Morgan fingerprint density at radius 2 is 2.12 bits per heavy atom. The van der Waals surface area contributed by atoms with Gasteiger partial charge in [-0.3, -0.25) is 14.5 Å². The lowest BCUT2D eigenvalue weighted by Crippen LogP contribution is -2.38. The molecule has 0 atom stereocenters. The fourth-order valence-corrected chi connectivity index (χ4v) is 2.31. The zero-order valence-corrected chi connectivity index (χ0v) is 14.3. The van der Waals surface area contributed by atoms with Crippen molar-refractivity contribution in [2.75, 3.05) is 20.6 Å². The number of rotatable bonds is 6. The quantitative estimate of drug-likeness (QED) is 0.538. The fourth-order valence-electron chi connectivity index (χ4n) is 2.31. The third-order valence-corrected chi connectivity index (χ3v) is 3.71. The van der Waals surface area contributed by atoms with Gasteiger partial charge in [0.05, 0.1) is 12.2 Å². The van der Waals surface area contributed by atoms with Crippen molar-refractivity contribution in [2.45, 2.75) is 13.0 Å². The largest absolute Gasteiger partial charge is 0.356 e. The first-order chi connectivity index (χ1) is 11.6. The van der Waals surface area contributed by atoms with Gasteiger partial charge in [-0.05, 0) is 30.2 Å². The number of nitrogens with zero attached hydrogens (tertiary/aromatic N) is 3. The molecule has 1 heterocycles. The summed E-state index contributed by atoms with van der Waals surface area (Å²) >= 11 is 0. The number of hydrogen-bond acceptors (Lipinski definition) is 3. The summed E-state index contributed by atoms with van der Waals surface area (Å²) in [6.07, 6.45) is 2.57. The molecule has 0 radical (unpaired) electrons. The Morgan fingerprint density at radius 1 is 1.29 bits per heavy atom. The van der Waals surface area contributed by atoms with E-state index >= 15 is 0 Å². The van der Waals surface area contributed by atoms with Crippen molar-refractivity contribution in [1.29, 1.82) is 0 Å². The van der Waals surface area contributed by atoms with Crippen LogP contribution in [0.25, 0.3) is 0 Å². The zero-order chi connectivity index (χ0) is 17.4. The summed E-state index contributed by atoms with van der Waals surface area (Å²) in [4.78, 5) is 15.9. The minimum absolute atomic E-state index is 0.0709. The number of aromatic nitrogens is 2. The highest BCUT2D eigenvalue weighted by molar-refractivity contribution is 5.94. The van der Waals surface area contributed by atoms with Gasteiger partial charge in [0, 0.05) is 39.4 Å². The lowest BCUT2D eigenvalue weighted by molar-refractivity contribution is 0.0963. The molecule has 2 rings (SSSR count). The molecule has 24 heavy (non-hydrogen) atoms. The van der Waals surface area contributed by atoms with Crippen LogP contribution >= 0.6 is 0 Å². The fraction of sp³-hybridized carbons (Fsp3) is 0.353. The molecule has 0 saturated carbocycles. The van der Waals surface area contributed by atoms with E-state index in [1.165, 1.54) is 0 Å². The van der Waals surface area contributed by atoms with Crippen LogP contribution in [-0.4, -0.2) is 42.3 Å². The number of aryl methyl sites for hydroxylation is 1. The number of benzene rings is 1. The third-order valence-electron chi connectivity index (χ3n) is 3.71. The summed E-state index contributed by atoms with van der Waals surface area (Å²) in [5.74, 6) is 0.664. The van der Waals surface area contributed by atoms with E-state index in [9.17, 15) is 4.79 Å². The number of amides is 1. The van der Waals surface area contributed by atoms with E-state index in [-0.39, 0.29) is 5.91 Å². The molecule has 7 nitrogen and oxygen atoms in total. The van der Waals surface area contributed by atoms with E-state index in [1.807, 2.05) is 42.1 Å². The second-order valence-corrected chi connectivity index (χ2v) is 5.33. The average Bonchev–Trinajstić information content (AvgIpc) is 3.02. The summed E-state index contributed by atoms with van der Waals surface area (Å²) in [5.41, 5.74) is 2.86. The summed E-state index contributed by atoms with van der Waals surface area (Å²) in [6.45, 7) is 1.38. The Hall–Kier alpha value is -2.83. The highest BCUT2D eigenvalue weighted by Crippen LogP contribution is 2.05. The topological polar surface area (TPSA) is 83.3 Å². The van der Waals surface area contributed by atoms with Crippen molar-refractivity contribution in [3.05, 3.63) is 53.3 Å². The number of aliphatic imine (C=N–C) groups is 1. The van der Waals surface area contributed by atoms with Gasteiger partial charge in [0.2, 0.25) is 0 Å². The van der Waals surface area contributed by atoms with E-state index in [4.69, 9.17) is 0 Å². The summed E-state index contributed by atoms with van der Waals surface area (Å²) < 4.78 is 1.82. The molecule has 0 aliphatic heterocycles. The maximum atomic E-state index is 11.7. The molecule has 1 aromatic carbocycles. The second kappa shape index (κ2) is 8.71. The van der Waals surface area contributed by atoms with E-state index in [0.29, 0.717) is 12.1 Å². The molecule has 1 amide bonds. The molecule has 7 heteroatoms. The number of carbonyl (C=O) groups is 1. The van der Waals surface area contributed by atoms with Crippen molar-refractivity contribution >= 4 is 11.9 Å². The van der Waals surface area contributed by atoms with Gasteiger partial charge in [0.25, 0.3) is 5.91 Å². The van der Waals surface area contributed by atoms with Gasteiger partial charge >= 0.3 is 0 Å². The van der Waals surface area contributed by atoms with Gasteiger partial charge in [-0.15, -0.1) is 0 Å². The van der Waals surface area contributed by atoms with Gasteiger partial charge < -0.3 is 16.0 Å². The second-order valence-electron chi connectivity index (χ2n) is 5.33. The minimum Gasteiger partial charge on any atom is -0.356 e. The van der Waals surface area contributed by atoms with Crippen LogP contribution in [0.1, 0.15) is 21.6 Å². The molecule has 0 fully saturated rings. The molecule has 128 valence electrons. The molecule has 0 bridgehead atoms. The predicted octanol–water partition coefficient (Wildman–Crippen LogP) is 0.687. The molecule has 0 saturated heterocycles. The van der Waals surface area contributed by atoms with Crippen molar-refractivity contribution in [3.63, 3.8) is 0 Å². The number of hydrogen-bond donors (Lipinski definition) is 3. The van der Waals surface area contributed by atoms with E-state index in [2.05, 4.69) is 26.0 Å². The van der Waals surface area contributed by atoms with Crippen LogP contribution in [0.3, 0.4) is 0 Å². The normalized spacial score (nSPS) is 11.2. The number of nitrogens with one attached hydrogen (secondary N) is 3. The van der Waals surface area contributed by atoms with Crippen LogP contribution in [0.5, 0.6) is 0 Å². The molecule has 0 aliphatic rings. The van der Waals surface area contributed by atoms with E-state index in [0.717, 1.165) is 30.2 Å². The summed E-state index contributed by atoms with van der Waals surface area (Å²) in [7, 11) is 5.28. The molecule has 2 aromatic rings. The van der Waals surface area contributed by atoms with Crippen LogP contribution in [0.4, 0.5) is 0 Å². The lowest BCUT2D eigenvalue weighted by atomic mass is 10.1. The minimum atomic E-state index is -0.0709. The number of guanidine groups is 1. The molecule has 0 aliphatic carbocycles. The maximum absolute atomic E-state index is 11.7. The van der Waals surface area contributed by atoms with Gasteiger partial charge in [0.15, 0.2) is 5.96 Å². The van der Waals surface area contributed by atoms with Crippen LogP contribution in [-0.2, 0) is 20.0 Å². The summed E-state index contributed by atoms with van der Waals surface area (Å²) in [5, 5.41) is 13.3. The Morgan fingerprint density at radius 3 is 2.79 bits per heavy atom. The molecule has 3 N–H and O–H groups in total. The Labute approximate surface area is 142 Å². The third kappa shape index (κ3) is 4.84. The van der Waals surface area contributed by atoms with Crippen LogP contribution in [0, 0.1) is 0 Å². The monoisotopic (exact) mass is 328 g/mol. The van der Waals surface area contributed by atoms with Gasteiger partial charge in [-0.1, -0.05) is 12.1 Å². The Balaban J connectivity index is 1.81. The van der Waals surface area contributed by atoms with Crippen LogP contribution in [0.15, 0.2) is 41.5 Å². The molecular weight excluding hydrogens is 304 g/mol. The first kappa shape index (κ1) is 17.5. The standard InChI is InChI=1S/C17H24N6O/c1-18-16(24)14-6-4-5-13(11-14)7-9-20-17(19-2)21-12-15-8-10-22-23(15)3/h4-6,8,10-11H,7,9,12H2,1-3H3,(H,18,24)(H2,19,20,21). The van der Waals surface area contributed by atoms with Crippen molar-refractivity contribution in [2.24, 2.45) is 12.0 Å². The van der Waals surface area contributed by atoms with Crippen LogP contribution in [0.2, 0.25) is 0 Å². The molecular formula is C17H24N6O. The number of carbonyl (C=O) groups excluding carboxylic acids is 1. The van der Waals surface area contributed by atoms with Gasteiger partial charge in [-0.25, -0.2) is 0 Å². The Bertz CT molecular complexity index is 707. The van der Waals surface area contributed by atoms with E-state index < -0.39 is 0 Å². The van der Waals surface area contributed by atoms with Crippen molar-refractivity contribution in [1.82, 2.24) is 25.7 Å². The maximum Gasteiger partial charge on any atom is 0.251 e. The smallest absolute Gasteiger partial charge is 0.251 e. The average molecular weight is 328 g/mol. The highest BCUT2D eigenvalue weighted by atomic mass is 16.1. The molecule has 1 aromatic heterocycles. The lowest BCUT2D eigenvalue weighted by Gasteiger charge is -2.12. The zero-order valence-electron chi connectivity index (χ0n) is 14.3. The van der Waals surface area contributed by atoms with Gasteiger partial charge in [-0.2, -0.15) is 5.10 Å². The molecule has 0 unspecified atom stereocenters. The highest BCUT2D eigenvalue weighted by Gasteiger charge is 2.04. The summed E-state index contributed by atoms with van der Waals surface area (Å²) in [6, 6.07) is 9.59. The Kier molecular flexibility index (Phi) is 6.36.